The van der Waals surface area contributed by atoms with Crippen LogP contribution in [0, 0.1) is 5.92 Å². The molecule has 0 spiro atoms. The van der Waals surface area contributed by atoms with Crippen molar-refractivity contribution in [2.75, 3.05) is 6.54 Å². The van der Waals surface area contributed by atoms with Gasteiger partial charge in [-0.1, -0.05) is 32.6 Å². The summed E-state index contributed by atoms with van der Waals surface area (Å²) in [7, 11) is 0. The molecule has 0 atom stereocenters. The number of hydrogen-bond acceptors (Lipinski definition) is 1. The van der Waals surface area contributed by atoms with Crippen LogP contribution < -0.4 is 5.32 Å². The van der Waals surface area contributed by atoms with Crippen molar-refractivity contribution in [1.29, 1.82) is 0 Å². The van der Waals surface area contributed by atoms with Gasteiger partial charge in [-0.2, -0.15) is 0 Å². The van der Waals surface area contributed by atoms with Crippen molar-refractivity contribution in [1.82, 2.24) is 5.32 Å². The van der Waals surface area contributed by atoms with Crippen LogP contribution in [0.5, 0.6) is 0 Å². The number of unbranched alkanes of at least 4 members (excludes halogenated alkanes) is 1. The lowest BCUT2D eigenvalue weighted by atomic mass is 9.87. The van der Waals surface area contributed by atoms with Gasteiger partial charge in [-0.15, -0.1) is 0 Å². The van der Waals surface area contributed by atoms with Gasteiger partial charge in [-0.3, -0.25) is 4.79 Å². The van der Waals surface area contributed by atoms with Crippen molar-refractivity contribution in [3.8, 4) is 0 Å². The second kappa shape index (κ2) is 6.86. The van der Waals surface area contributed by atoms with Crippen LogP contribution in [0.1, 0.15) is 58.3 Å². The van der Waals surface area contributed by atoms with Crippen molar-refractivity contribution in [2.45, 2.75) is 58.3 Å². The first kappa shape index (κ1) is 11.5. The molecule has 1 rings (SSSR count). The standard InChI is InChI=1S/C12H23NO/c1-2-3-9-13-12(14)10-11-7-5-4-6-8-11/h11H,2-10H2,1H3,(H,13,14). The molecule has 0 saturated heterocycles. The zero-order valence-corrected chi connectivity index (χ0v) is 9.35. The average molecular weight is 197 g/mol. The molecule has 0 radical (unpaired) electrons. The van der Waals surface area contributed by atoms with Gasteiger partial charge >= 0.3 is 0 Å². The fourth-order valence-corrected chi connectivity index (χ4v) is 2.13. The Bertz CT molecular complexity index is 162. The van der Waals surface area contributed by atoms with E-state index in [9.17, 15) is 4.79 Å². The van der Waals surface area contributed by atoms with Crippen molar-refractivity contribution < 1.29 is 4.79 Å². The molecule has 0 heterocycles. The van der Waals surface area contributed by atoms with Gasteiger partial charge in [0.05, 0.1) is 0 Å². The molecule has 2 nitrogen and oxygen atoms in total. The summed E-state index contributed by atoms with van der Waals surface area (Å²) in [6, 6.07) is 0. The van der Waals surface area contributed by atoms with Crippen LogP contribution in [0.2, 0.25) is 0 Å². The number of rotatable bonds is 5. The summed E-state index contributed by atoms with van der Waals surface area (Å²) in [5.74, 6) is 0.940. The lowest BCUT2D eigenvalue weighted by Crippen LogP contribution is -2.27. The molecule has 0 aromatic heterocycles. The molecule has 0 unspecified atom stereocenters. The van der Waals surface area contributed by atoms with Gasteiger partial charge in [-0.25, -0.2) is 0 Å². The summed E-state index contributed by atoms with van der Waals surface area (Å²) < 4.78 is 0. The summed E-state index contributed by atoms with van der Waals surface area (Å²) >= 11 is 0. The summed E-state index contributed by atoms with van der Waals surface area (Å²) in [6.45, 7) is 3.01. The third-order valence-corrected chi connectivity index (χ3v) is 3.05. The van der Waals surface area contributed by atoms with Gasteiger partial charge in [0, 0.05) is 13.0 Å². The number of carbonyl (C=O) groups is 1. The van der Waals surface area contributed by atoms with Crippen molar-refractivity contribution in [2.24, 2.45) is 5.92 Å². The lowest BCUT2D eigenvalue weighted by molar-refractivity contribution is -0.122. The van der Waals surface area contributed by atoms with E-state index in [2.05, 4.69) is 12.2 Å². The van der Waals surface area contributed by atoms with Crippen LogP contribution in [0.25, 0.3) is 0 Å². The maximum absolute atomic E-state index is 11.5. The Morgan fingerprint density at radius 1 is 1.29 bits per heavy atom. The molecule has 1 aliphatic rings. The first-order chi connectivity index (χ1) is 6.83. The van der Waals surface area contributed by atoms with Crippen molar-refractivity contribution in [3.05, 3.63) is 0 Å². The Morgan fingerprint density at radius 2 is 2.00 bits per heavy atom. The fourth-order valence-electron chi connectivity index (χ4n) is 2.13. The van der Waals surface area contributed by atoms with E-state index >= 15 is 0 Å². The Morgan fingerprint density at radius 3 is 2.64 bits per heavy atom. The van der Waals surface area contributed by atoms with E-state index in [1.54, 1.807) is 0 Å². The van der Waals surface area contributed by atoms with Crippen molar-refractivity contribution in [3.63, 3.8) is 0 Å². The number of nitrogens with one attached hydrogen (secondary N) is 1. The largest absolute Gasteiger partial charge is 0.356 e. The quantitative estimate of drug-likeness (QED) is 0.675. The highest BCUT2D eigenvalue weighted by molar-refractivity contribution is 5.76. The van der Waals surface area contributed by atoms with E-state index in [4.69, 9.17) is 0 Å². The smallest absolute Gasteiger partial charge is 0.220 e. The van der Waals surface area contributed by atoms with Gasteiger partial charge in [0.2, 0.25) is 5.91 Å². The van der Waals surface area contributed by atoms with Crippen LogP contribution in [0.4, 0.5) is 0 Å². The lowest BCUT2D eigenvalue weighted by Gasteiger charge is -2.20. The third kappa shape index (κ3) is 4.64. The highest BCUT2D eigenvalue weighted by atomic mass is 16.1. The van der Waals surface area contributed by atoms with E-state index in [0.29, 0.717) is 5.92 Å². The van der Waals surface area contributed by atoms with Gasteiger partial charge in [0.15, 0.2) is 0 Å². The van der Waals surface area contributed by atoms with E-state index in [0.717, 1.165) is 25.8 Å². The monoisotopic (exact) mass is 197 g/mol. The number of amides is 1. The average Bonchev–Trinajstić information content (AvgIpc) is 2.20. The van der Waals surface area contributed by atoms with Gasteiger partial charge in [0.25, 0.3) is 0 Å². The van der Waals surface area contributed by atoms with Crippen LogP contribution in [-0.4, -0.2) is 12.5 Å². The minimum atomic E-state index is 0.269. The highest BCUT2D eigenvalue weighted by Crippen LogP contribution is 2.25. The molecule has 1 fully saturated rings. The molecule has 0 aromatic carbocycles. The summed E-state index contributed by atoms with van der Waals surface area (Å²) in [6.07, 6.45) is 9.58. The van der Waals surface area contributed by atoms with Gasteiger partial charge in [0.1, 0.15) is 0 Å². The maximum Gasteiger partial charge on any atom is 0.220 e. The molecule has 2 heteroatoms. The van der Waals surface area contributed by atoms with Crippen LogP contribution >= 0.6 is 0 Å². The first-order valence-corrected chi connectivity index (χ1v) is 6.09. The number of hydrogen-bond donors (Lipinski definition) is 1. The minimum Gasteiger partial charge on any atom is -0.356 e. The Kier molecular flexibility index (Phi) is 5.65. The molecular formula is C12H23NO. The van der Waals surface area contributed by atoms with Crippen LogP contribution in [-0.2, 0) is 4.79 Å². The van der Waals surface area contributed by atoms with E-state index in [-0.39, 0.29) is 5.91 Å². The Hall–Kier alpha value is -0.530. The fraction of sp³-hybridized carbons (Fsp3) is 0.917. The van der Waals surface area contributed by atoms with Crippen LogP contribution in [0.15, 0.2) is 0 Å². The van der Waals surface area contributed by atoms with E-state index in [1.807, 2.05) is 0 Å². The van der Waals surface area contributed by atoms with Crippen LogP contribution in [0.3, 0.4) is 0 Å². The summed E-state index contributed by atoms with van der Waals surface area (Å²) in [5, 5.41) is 2.99. The maximum atomic E-state index is 11.5. The zero-order valence-electron chi connectivity index (χ0n) is 9.35. The minimum absolute atomic E-state index is 0.269. The normalized spacial score (nSPS) is 18.1. The molecule has 1 N–H and O–H groups in total. The molecule has 82 valence electrons. The SMILES string of the molecule is CCCCNC(=O)CC1CCCCC1. The zero-order chi connectivity index (χ0) is 10.2. The Labute approximate surface area is 87.5 Å². The van der Waals surface area contributed by atoms with Gasteiger partial charge < -0.3 is 5.32 Å². The predicted molar refractivity (Wildman–Crippen MR) is 59.1 cm³/mol. The molecule has 0 aromatic rings. The molecule has 1 amide bonds. The van der Waals surface area contributed by atoms with Gasteiger partial charge in [-0.05, 0) is 25.2 Å². The second-order valence-corrected chi connectivity index (χ2v) is 4.41. The van der Waals surface area contributed by atoms with Crippen molar-refractivity contribution >= 4 is 5.91 Å². The van der Waals surface area contributed by atoms with E-state index < -0.39 is 0 Å². The molecule has 1 aliphatic carbocycles. The molecule has 0 aliphatic heterocycles. The number of carbonyl (C=O) groups excluding carboxylic acids is 1. The topological polar surface area (TPSA) is 29.1 Å². The third-order valence-electron chi connectivity index (χ3n) is 3.05. The molecule has 0 bridgehead atoms. The predicted octanol–water partition coefficient (Wildman–Crippen LogP) is 2.87. The summed E-state index contributed by atoms with van der Waals surface area (Å²) in [5.41, 5.74) is 0. The molecule has 14 heavy (non-hydrogen) atoms. The molecular weight excluding hydrogens is 174 g/mol. The van der Waals surface area contributed by atoms with E-state index in [1.165, 1.54) is 32.1 Å². The second-order valence-electron chi connectivity index (χ2n) is 4.41. The molecule has 1 saturated carbocycles. The first-order valence-electron chi connectivity index (χ1n) is 6.09. The highest BCUT2D eigenvalue weighted by Gasteiger charge is 2.16. The Balaban J connectivity index is 2.06. The summed E-state index contributed by atoms with van der Waals surface area (Å²) in [4.78, 5) is 11.5.